The van der Waals surface area contributed by atoms with Crippen molar-refractivity contribution in [2.24, 2.45) is 0 Å². The van der Waals surface area contributed by atoms with Gasteiger partial charge in [0.15, 0.2) is 5.78 Å². The third kappa shape index (κ3) is 3.94. The van der Waals surface area contributed by atoms with E-state index in [2.05, 4.69) is 4.90 Å². The maximum Gasteiger partial charge on any atom is 0.159 e. The van der Waals surface area contributed by atoms with Gasteiger partial charge in [-0.1, -0.05) is 23.7 Å². The predicted molar refractivity (Wildman–Crippen MR) is 95.3 cm³/mol. The highest BCUT2D eigenvalue weighted by molar-refractivity contribution is 6.30. The first kappa shape index (κ1) is 16.9. The quantitative estimate of drug-likeness (QED) is 0.782. The molecule has 1 saturated heterocycles. The highest BCUT2D eigenvalue weighted by atomic mass is 35.5. The lowest BCUT2D eigenvalue weighted by atomic mass is 10.1. The Morgan fingerprint density at radius 3 is 2.33 bits per heavy atom. The Kier molecular flexibility index (Phi) is 5.17. The van der Waals surface area contributed by atoms with Crippen molar-refractivity contribution in [3.8, 4) is 0 Å². The molecule has 0 radical (unpaired) electrons. The molecule has 2 aromatic rings. The number of rotatable bonds is 4. The Morgan fingerprint density at radius 1 is 1.08 bits per heavy atom. The van der Waals surface area contributed by atoms with Gasteiger partial charge in [0.2, 0.25) is 0 Å². The van der Waals surface area contributed by atoms with E-state index in [4.69, 9.17) is 11.6 Å². The van der Waals surface area contributed by atoms with E-state index >= 15 is 0 Å². The minimum atomic E-state index is -0.325. The van der Waals surface area contributed by atoms with Gasteiger partial charge in [0.25, 0.3) is 0 Å². The van der Waals surface area contributed by atoms with Crippen LogP contribution in [0.15, 0.2) is 42.5 Å². The Labute approximate surface area is 146 Å². The van der Waals surface area contributed by atoms with Crippen molar-refractivity contribution in [3.05, 3.63) is 64.4 Å². The molecule has 0 N–H and O–H groups in total. The fraction of sp³-hybridized carbons (Fsp3) is 0.316. The first-order chi connectivity index (χ1) is 11.5. The highest BCUT2D eigenvalue weighted by Gasteiger charge is 2.20. The van der Waals surface area contributed by atoms with E-state index in [0.717, 1.165) is 37.7 Å². The summed E-state index contributed by atoms with van der Waals surface area (Å²) in [5, 5.41) is 0.744. The van der Waals surface area contributed by atoms with Crippen molar-refractivity contribution in [2.45, 2.75) is 13.5 Å². The molecule has 1 fully saturated rings. The van der Waals surface area contributed by atoms with Gasteiger partial charge in [0, 0.05) is 43.3 Å². The van der Waals surface area contributed by atoms with Crippen molar-refractivity contribution < 1.29 is 9.18 Å². The summed E-state index contributed by atoms with van der Waals surface area (Å²) in [6.07, 6.45) is 0. The molecule has 2 aromatic carbocycles. The highest BCUT2D eigenvalue weighted by Crippen LogP contribution is 2.23. The van der Waals surface area contributed by atoms with Crippen LogP contribution in [0.5, 0.6) is 0 Å². The lowest BCUT2D eigenvalue weighted by molar-refractivity contribution is 0.101. The first-order valence-corrected chi connectivity index (χ1v) is 8.43. The van der Waals surface area contributed by atoms with Gasteiger partial charge in [-0.15, -0.1) is 0 Å². The standard InChI is InChI=1S/C19H20ClFN2O/c1-14(24)16-4-7-19(18(21)12-16)23-10-8-22(9-11-23)13-15-2-5-17(20)6-3-15/h2-7,12H,8-11,13H2,1H3. The van der Waals surface area contributed by atoms with E-state index in [9.17, 15) is 9.18 Å². The summed E-state index contributed by atoms with van der Waals surface area (Å²) in [4.78, 5) is 15.7. The second-order valence-corrected chi connectivity index (χ2v) is 6.55. The topological polar surface area (TPSA) is 23.6 Å². The second-order valence-electron chi connectivity index (χ2n) is 6.11. The predicted octanol–water partition coefficient (Wildman–Crippen LogP) is 4.00. The van der Waals surface area contributed by atoms with Crippen LogP contribution in [0.25, 0.3) is 0 Å². The Hall–Kier alpha value is -1.91. The number of benzene rings is 2. The Morgan fingerprint density at radius 2 is 1.75 bits per heavy atom. The van der Waals surface area contributed by atoms with E-state index in [0.29, 0.717) is 11.3 Å². The fourth-order valence-corrected chi connectivity index (χ4v) is 3.10. The van der Waals surface area contributed by atoms with E-state index in [1.165, 1.54) is 18.6 Å². The molecule has 0 atom stereocenters. The van der Waals surface area contributed by atoms with Gasteiger partial charge in [0.1, 0.15) is 5.82 Å². The van der Waals surface area contributed by atoms with Crippen molar-refractivity contribution in [3.63, 3.8) is 0 Å². The molecule has 1 heterocycles. The lowest BCUT2D eigenvalue weighted by Crippen LogP contribution is -2.46. The van der Waals surface area contributed by atoms with Crippen molar-refractivity contribution in [1.82, 2.24) is 4.90 Å². The van der Waals surface area contributed by atoms with Gasteiger partial charge in [-0.25, -0.2) is 4.39 Å². The molecule has 24 heavy (non-hydrogen) atoms. The van der Waals surface area contributed by atoms with Gasteiger partial charge in [-0.3, -0.25) is 9.69 Å². The number of piperazine rings is 1. The summed E-state index contributed by atoms with van der Waals surface area (Å²) in [5.41, 5.74) is 2.22. The smallest absolute Gasteiger partial charge is 0.159 e. The van der Waals surface area contributed by atoms with Crippen LogP contribution in [0.2, 0.25) is 5.02 Å². The molecule has 0 aliphatic carbocycles. The fourth-order valence-electron chi connectivity index (χ4n) is 2.98. The van der Waals surface area contributed by atoms with Crippen molar-refractivity contribution in [1.29, 1.82) is 0 Å². The third-order valence-corrected chi connectivity index (χ3v) is 4.64. The first-order valence-electron chi connectivity index (χ1n) is 8.05. The molecule has 0 bridgehead atoms. The van der Waals surface area contributed by atoms with Crippen LogP contribution in [0.3, 0.4) is 0 Å². The van der Waals surface area contributed by atoms with Gasteiger partial charge < -0.3 is 4.90 Å². The molecule has 0 unspecified atom stereocenters. The maximum absolute atomic E-state index is 14.3. The van der Waals surface area contributed by atoms with Crippen molar-refractivity contribution >= 4 is 23.1 Å². The molecular formula is C19H20ClFN2O. The maximum atomic E-state index is 14.3. The number of ketones is 1. The molecule has 0 aromatic heterocycles. The number of halogens is 2. The summed E-state index contributed by atoms with van der Waals surface area (Å²) in [6, 6.07) is 12.6. The number of carbonyl (C=O) groups excluding carboxylic acids is 1. The van der Waals surface area contributed by atoms with Crippen LogP contribution in [0, 0.1) is 5.82 Å². The monoisotopic (exact) mass is 346 g/mol. The second kappa shape index (κ2) is 7.32. The molecule has 0 spiro atoms. The summed E-state index contributed by atoms with van der Waals surface area (Å²) >= 11 is 5.91. The summed E-state index contributed by atoms with van der Waals surface area (Å²) < 4.78 is 14.3. The number of hydrogen-bond donors (Lipinski definition) is 0. The molecule has 1 aliphatic heterocycles. The number of hydrogen-bond acceptors (Lipinski definition) is 3. The van der Waals surface area contributed by atoms with Crippen LogP contribution >= 0.6 is 11.6 Å². The minimum Gasteiger partial charge on any atom is -0.367 e. The summed E-state index contributed by atoms with van der Waals surface area (Å²) in [6.45, 7) is 5.60. The zero-order chi connectivity index (χ0) is 17.1. The zero-order valence-corrected chi connectivity index (χ0v) is 14.4. The number of carbonyl (C=O) groups is 1. The zero-order valence-electron chi connectivity index (χ0n) is 13.6. The molecule has 0 saturated carbocycles. The number of nitrogens with zero attached hydrogens (tertiary/aromatic N) is 2. The Balaban J connectivity index is 1.60. The van der Waals surface area contributed by atoms with E-state index in [1.807, 2.05) is 29.2 Å². The van der Waals surface area contributed by atoms with Gasteiger partial charge >= 0.3 is 0 Å². The van der Waals surface area contributed by atoms with E-state index in [1.54, 1.807) is 12.1 Å². The number of anilines is 1. The van der Waals surface area contributed by atoms with E-state index in [-0.39, 0.29) is 11.6 Å². The van der Waals surface area contributed by atoms with Gasteiger partial charge in [-0.2, -0.15) is 0 Å². The van der Waals surface area contributed by atoms with Crippen LogP contribution in [0.1, 0.15) is 22.8 Å². The van der Waals surface area contributed by atoms with Gasteiger partial charge in [0.05, 0.1) is 5.69 Å². The molecule has 5 heteroatoms. The normalized spacial score (nSPS) is 15.5. The summed E-state index contributed by atoms with van der Waals surface area (Å²) in [7, 11) is 0. The van der Waals surface area contributed by atoms with Gasteiger partial charge in [-0.05, 0) is 42.8 Å². The van der Waals surface area contributed by atoms with E-state index < -0.39 is 0 Å². The molecule has 126 valence electrons. The molecular weight excluding hydrogens is 327 g/mol. The SMILES string of the molecule is CC(=O)c1ccc(N2CCN(Cc3ccc(Cl)cc3)CC2)c(F)c1. The van der Waals surface area contributed by atoms with Crippen LogP contribution in [0.4, 0.5) is 10.1 Å². The largest absolute Gasteiger partial charge is 0.367 e. The summed E-state index contributed by atoms with van der Waals surface area (Å²) in [5.74, 6) is -0.443. The molecule has 3 nitrogen and oxygen atoms in total. The van der Waals surface area contributed by atoms with Crippen molar-refractivity contribution in [2.75, 3.05) is 31.1 Å². The van der Waals surface area contributed by atoms with Crippen LogP contribution < -0.4 is 4.90 Å². The lowest BCUT2D eigenvalue weighted by Gasteiger charge is -2.36. The minimum absolute atomic E-state index is 0.117. The molecule has 3 rings (SSSR count). The van der Waals surface area contributed by atoms with Crippen LogP contribution in [-0.2, 0) is 6.54 Å². The molecule has 1 aliphatic rings. The Bertz CT molecular complexity index is 725. The number of Topliss-reactive ketones (excluding diaryl/α,β-unsaturated/α-hetero) is 1. The average Bonchev–Trinajstić information content (AvgIpc) is 2.58. The average molecular weight is 347 g/mol. The molecule has 0 amide bonds. The third-order valence-electron chi connectivity index (χ3n) is 4.39. The van der Waals surface area contributed by atoms with Crippen LogP contribution in [-0.4, -0.2) is 36.9 Å².